The summed E-state index contributed by atoms with van der Waals surface area (Å²) < 4.78 is 0. The van der Waals surface area contributed by atoms with Gasteiger partial charge < -0.3 is 10.2 Å². The van der Waals surface area contributed by atoms with E-state index >= 15 is 0 Å². The van der Waals surface area contributed by atoms with Crippen LogP contribution in [-0.4, -0.2) is 42.6 Å². The number of hydrogen-bond acceptors (Lipinski definition) is 4. The van der Waals surface area contributed by atoms with Crippen molar-refractivity contribution in [3.8, 4) is 0 Å². The molecule has 1 aromatic rings. The van der Waals surface area contributed by atoms with E-state index in [0.717, 1.165) is 25.9 Å². The van der Waals surface area contributed by atoms with E-state index in [2.05, 4.69) is 34.6 Å². The van der Waals surface area contributed by atoms with Crippen molar-refractivity contribution in [2.75, 3.05) is 26.7 Å². The third-order valence-electron chi connectivity index (χ3n) is 3.44. The Balaban J connectivity index is 1.79. The van der Waals surface area contributed by atoms with Crippen molar-refractivity contribution in [1.82, 2.24) is 15.2 Å². The highest BCUT2D eigenvalue weighted by molar-refractivity contribution is 7.09. The normalized spacial score (nSPS) is 21.9. The highest BCUT2D eigenvalue weighted by Gasteiger charge is 2.18. The molecule has 0 aliphatic carbocycles. The van der Waals surface area contributed by atoms with Gasteiger partial charge in [0.15, 0.2) is 0 Å². The molecule has 17 heavy (non-hydrogen) atoms. The first kappa shape index (κ1) is 13.0. The molecule has 1 N–H and O–H groups in total. The van der Waals surface area contributed by atoms with Crippen molar-refractivity contribution in [3.63, 3.8) is 0 Å². The summed E-state index contributed by atoms with van der Waals surface area (Å²) in [5, 5.41) is 7.00. The van der Waals surface area contributed by atoms with Gasteiger partial charge in [0.2, 0.25) is 0 Å². The Morgan fingerprint density at radius 3 is 3.18 bits per heavy atom. The summed E-state index contributed by atoms with van der Waals surface area (Å²) in [5.41, 5.74) is 1.28. The summed E-state index contributed by atoms with van der Waals surface area (Å²) in [6.07, 6.45) is 4.67. The number of hydrogen-bond donors (Lipinski definition) is 1. The lowest BCUT2D eigenvalue weighted by Gasteiger charge is -2.32. The van der Waals surface area contributed by atoms with E-state index in [9.17, 15) is 0 Å². The van der Waals surface area contributed by atoms with Crippen molar-refractivity contribution < 1.29 is 0 Å². The fraction of sp³-hybridized carbons (Fsp3) is 0.769. The second-order valence-electron chi connectivity index (χ2n) is 4.86. The second kappa shape index (κ2) is 6.47. The van der Waals surface area contributed by atoms with Crippen LogP contribution >= 0.6 is 11.3 Å². The van der Waals surface area contributed by atoms with Gasteiger partial charge in [-0.05, 0) is 19.9 Å². The molecule has 1 aliphatic heterocycles. The number of thiazole rings is 1. The predicted octanol–water partition coefficient (Wildman–Crippen LogP) is 1.93. The number of aromatic nitrogens is 1. The third kappa shape index (κ3) is 3.76. The van der Waals surface area contributed by atoms with E-state index < -0.39 is 0 Å². The maximum atomic E-state index is 4.69. The van der Waals surface area contributed by atoms with Crippen LogP contribution < -0.4 is 5.32 Å². The van der Waals surface area contributed by atoms with Crippen molar-refractivity contribution in [1.29, 1.82) is 0 Å². The molecule has 0 spiro atoms. The van der Waals surface area contributed by atoms with Crippen molar-refractivity contribution >= 4 is 11.3 Å². The number of likely N-dealkylation sites (N-methyl/N-ethyl adjacent to an activating group) is 1. The highest BCUT2D eigenvalue weighted by atomic mass is 32.1. The molecular weight excluding hydrogens is 230 g/mol. The van der Waals surface area contributed by atoms with Crippen LogP contribution in [0.3, 0.4) is 0 Å². The smallest absolute Gasteiger partial charge is 0.0928 e. The number of aryl methyl sites for hydroxylation is 2. The second-order valence-corrected chi connectivity index (χ2v) is 5.80. The molecule has 0 saturated carbocycles. The monoisotopic (exact) mass is 253 g/mol. The molecule has 1 saturated heterocycles. The molecule has 1 aromatic heterocycles. The molecule has 1 unspecified atom stereocenters. The topological polar surface area (TPSA) is 28.2 Å². The van der Waals surface area contributed by atoms with Crippen LogP contribution in [-0.2, 0) is 12.8 Å². The zero-order valence-corrected chi connectivity index (χ0v) is 11.7. The minimum Gasteiger partial charge on any atom is -0.314 e. The van der Waals surface area contributed by atoms with Gasteiger partial charge in [0.05, 0.1) is 10.7 Å². The minimum atomic E-state index is 0.683. The first-order valence-corrected chi connectivity index (χ1v) is 7.51. The zero-order chi connectivity index (χ0) is 12.1. The van der Waals surface area contributed by atoms with Gasteiger partial charge in [-0.15, -0.1) is 11.3 Å². The number of piperazine rings is 1. The average molecular weight is 253 g/mol. The summed E-state index contributed by atoms with van der Waals surface area (Å²) in [6.45, 7) is 5.64. The van der Waals surface area contributed by atoms with Crippen molar-refractivity contribution in [2.45, 2.75) is 38.6 Å². The molecule has 0 amide bonds. The summed E-state index contributed by atoms with van der Waals surface area (Å²) in [4.78, 5) is 7.16. The van der Waals surface area contributed by atoms with Gasteiger partial charge in [0.25, 0.3) is 0 Å². The van der Waals surface area contributed by atoms with Crippen molar-refractivity contribution in [2.24, 2.45) is 0 Å². The fourth-order valence-electron chi connectivity index (χ4n) is 2.31. The lowest BCUT2D eigenvalue weighted by Crippen LogP contribution is -2.49. The standard InChI is InChI=1S/C13H23N3S/c1-3-4-11-10-17-13(15-11)6-5-12-9-14-7-8-16(12)2/h10,12,14H,3-9H2,1-2H3. The van der Waals surface area contributed by atoms with Crippen LogP contribution in [0.25, 0.3) is 0 Å². The largest absolute Gasteiger partial charge is 0.314 e. The SMILES string of the molecule is CCCc1csc(CCC2CNCCN2C)n1. The Morgan fingerprint density at radius 1 is 1.53 bits per heavy atom. The van der Waals surface area contributed by atoms with Gasteiger partial charge in [-0.25, -0.2) is 4.98 Å². The molecule has 1 atom stereocenters. The van der Waals surface area contributed by atoms with Crippen LogP contribution in [0, 0.1) is 0 Å². The first-order valence-electron chi connectivity index (χ1n) is 6.64. The van der Waals surface area contributed by atoms with Gasteiger partial charge >= 0.3 is 0 Å². The first-order chi connectivity index (χ1) is 8.29. The summed E-state index contributed by atoms with van der Waals surface area (Å²) in [7, 11) is 2.23. The van der Waals surface area contributed by atoms with Gasteiger partial charge in [0, 0.05) is 37.5 Å². The Kier molecular flexibility index (Phi) is 4.95. The zero-order valence-electron chi connectivity index (χ0n) is 10.9. The number of rotatable bonds is 5. The Bertz CT molecular complexity index is 337. The molecule has 0 aromatic carbocycles. The molecule has 3 nitrogen and oxygen atoms in total. The van der Waals surface area contributed by atoms with Gasteiger partial charge in [0.1, 0.15) is 0 Å². The molecule has 0 bridgehead atoms. The van der Waals surface area contributed by atoms with E-state index in [1.54, 1.807) is 0 Å². The van der Waals surface area contributed by atoms with Crippen LogP contribution in [0.15, 0.2) is 5.38 Å². The van der Waals surface area contributed by atoms with Crippen LogP contribution in [0.4, 0.5) is 0 Å². The van der Waals surface area contributed by atoms with E-state index in [-0.39, 0.29) is 0 Å². The van der Waals surface area contributed by atoms with Crippen LogP contribution in [0.1, 0.15) is 30.5 Å². The van der Waals surface area contributed by atoms with E-state index in [1.165, 1.54) is 30.1 Å². The quantitative estimate of drug-likeness (QED) is 0.869. The summed E-state index contributed by atoms with van der Waals surface area (Å²) in [5.74, 6) is 0. The Hall–Kier alpha value is -0.450. The number of nitrogens with one attached hydrogen (secondary N) is 1. The van der Waals surface area contributed by atoms with Crippen LogP contribution in [0.2, 0.25) is 0 Å². The average Bonchev–Trinajstić information content (AvgIpc) is 2.76. The molecule has 1 fully saturated rings. The van der Waals surface area contributed by atoms with Gasteiger partial charge in [-0.1, -0.05) is 13.3 Å². The molecule has 2 rings (SSSR count). The summed E-state index contributed by atoms with van der Waals surface area (Å²) in [6, 6.07) is 0.683. The van der Waals surface area contributed by atoms with E-state index in [4.69, 9.17) is 0 Å². The molecule has 1 aliphatic rings. The lowest BCUT2D eigenvalue weighted by atomic mass is 10.1. The molecule has 0 radical (unpaired) electrons. The van der Waals surface area contributed by atoms with Gasteiger partial charge in [-0.3, -0.25) is 0 Å². The molecular formula is C13H23N3S. The Labute approximate surface area is 108 Å². The van der Waals surface area contributed by atoms with Crippen LogP contribution in [0.5, 0.6) is 0 Å². The van der Waals surface area contributed by atoms with Gasteiger partial charge in [-0.2, -0.15) is 0 Å². The van der Waals surface area contributed by atoms with E-state index in [1.807, 2.05) is 11.3 Å². The molecule has 96 valence electrons. The molecule has 2 heterocycles. The number of nitrogens with zero attached hydrogens (tertiary/aromatic N) is 2. The Morgan fingerprint density at radius 2 is 2.41 bits per heavy atom. The fourth-order valence-corrected chi connectivity index (χ4v) is 3.16. The molecule has 4 heteroatoms. The van der Waals surface area contributed by atoms with E-state index in [0.29, 0.717) is 6.04 Å². The maximum Gasteiger partial charge on any atom is 0.0928 e. The summed E-state index contributed by atoms with van der Waals surface area (Å²) >= 11 is 1.83. The predicted molar refractivity (Wildman–Crippen MR) is 73.7 cm³/mol. The lowest BCUT2D eigenvalue weighted by molar-refractivity contribution is 0.190. The minimum absolute atomic E-state index is 0.683. The third-order valence-corrected chi connectivity index (χ3v) is 4.40. The highest BCUT2D eigenvalue weighted by Crippen LogP contribution is 2.15. The maximum absolute atomic E-state index is 4.69. The van der Waals surface area contributed by atoms with Crippen molar-refractivity contribution in [3.05, 3.63) is 16.1 Å².